The van der Waals surface area contributed by atoms with Gasteiger partial charge >= 0.3 is 6.15 Å². The lowest BCUT2D eigenvalue weighted by Gasteiger charge is -2.63. The summed E-state index contributed by atoms with van der Waals surface area (Å²) < 4.78 is 52.6. The number of rotatable bonds is 16. The number of amides is 4. The molecule has 17 nitrogen and oxygen atoms in total. The molecule has 0 bridgehead atoms. The van der Waals surface area contributed by atoms with Crippen molar-refractivity contribution in [1.29, 1.82) is 0 Å². The lowest BCUT2D eigenvalue weighted by atomic mass is 9.44. The molecule has 4 amide bonds. The average Bonchev–Trinajstić information content (AvgIpc) is 3.85. The summed E-state index contributed by atoms with van der Waals surface area (Å²) in [6, 6.07) is 10.8. The molecule has 2 aromatic rings. The van der Waals surface area contributed by atoms with Gasteiger partial charge in [-0.25, -0.2) is 8.78 Å². The van der Waals surface area contributed by atoms with Gasteiger partial charge in [-0.05, 0) is 107 Å². The Bertz CT molecular complexity index is 2500. The number of thioether (sulfide) groups is 1. The van der Waals surface area contributed by atoms with Crippen molar-refractivity contribution in [3.8, 4) is 5.75 Å². The number of aliphatic hydroxyl groups excluding tert-OH is 2. The number of hydrogen-bond donors (Lipinski definition) is 5. The molecule has 4 aliphatic carbocycles. The van der Waals surface area contributed by atoms with Crippen molar-refractivity contribution < 1.29 is 71.6 Å². The maximum atomic E-state index is 17.8. The zero-order valence-corrected chi connectivity index (χ0v) is 41.7. The zero-order chi connectivity index (χ0) is 52.4. The number of Topliss-reactive ketones (excluding diaryl/α,β-unsaturated/α-hetero) is 1. The highest BCUT2D eigenvalue weighted by molar-refractivity contribution is 7.99. The van der Waals surface area contributed by atoms with Gasteiger partial charge in [0, 0.05) is 42.3 Å². The lowest BCUT2D eigenvalue weighted by Crippen LogP contribution is -2.70. The number of likely N-dealkylation sites (N-methyl/N-ethyl adjacent to an activating group) is 1. The monoisotopic (exact) mass is 1010 g/mol. The Hall–Kier alpha value is -5.63. The van der Waals surface area contributed by atoms with Crippen molar-refractivity contribution >= 4 is 58.8 Å². The van der Waals surface area contributed by atoms with E-state index in [1.54, 1.807) is 45.2 Å². The third-order valence-corrected chi connectivity index (χ3v) is 16.3. The fourth-order valence-electron chi connectivity index (χ4n) is 11.6. The van der Waals surface area contributed by atoms with Crippen LogP contribution in [0.15, 0.2) is 66.3 Å². The number of nitrogens with one attached hydrogen (secondary N) is 3. The standard InChI is InChI=1S/C50H62F2N4O11S.CO2/c1-26(54-42(61)16-18-53-44(63)28(3)68-8)43(62)55-27(2)45(64)56(6)37-14-11-30(20-38(37)65-7)19-29-9-12-31(13-10-29)46-66-41-23-33-34-22-36(51)35-21-32(58)15-17-47(35,4)49(34,52)39(59)24-48(33,5)50(41,67-46)40(60)25-57;2-1-3/h9-15,17,20-21,26-28,33-34,36,39,41,46,57,59H,16,18-19,22-25H2,1-8H3,(H,53,63)(H,54,61)(H,55,62);/t26-,27-,28?,33-,34-,36-,39-,41+,46+,47-,48-,49-,50+;/m0./s1. The van der Waals surface area contributed by atoms with Crippen LogP contribution >= 0.6 is 11.8 Å². The van der Waals surface area contributed by atoms with Gasteiger partial charge < -0.3 is 45.3 Å². The Balaban J connectivity index is 0.00000268. The highest BCUT2D eigenvalue weighted by atomic mass is 32.2. The molecular formula is C51H62F2N4O13S. The van der Waals surface area contributed by atoms with E-state index in [0.717, 1.165) is 17.2 Å². The molecule has 20 heteroatoms. The van der Waals surface area contributed by atoms with Crippen LogP contribution in [0.4, 0.5) is 14.5 Å². The number of benzene rings is 2. The second-order valence-corrected chi connectivity index (χ2v) is 20.5. The van der Waals surface area contributed by atoms with Crippen molar-refractivity contribution in [3.05, 3.63) is 83.0 Å². The number of carbonyl (C=O) groups is 6. The fraction of sp³-hybridized carbons (Fsp3) is 0.549. The third-order valence-electron chi connectivity index (χ3n) is 15.4. The van der Waals surface area contributed by atoms with Gasteiger partial charge in [0.1, 0.15) is 30.6 Å². The van der Waals surface area contributed by atoms with Crippen LogP contribution < -0.4 is 25.6 Å². The number of alkyl halides is 2. The smallest absolute Gasteiger partial charge is 0.373 e. The minimum atomic E-state index is -2.35. The van der Waals surface area contributed by atoms with E-state index in [2.05, 4.69) is 16.0 Å². The van der Waals surface area contributed by atoms with Crippen molar-refractivity contribution in [2.24, 2.45) is 22.7 Å². The number of allylic oxidation sites excluding steroid dienone is 4. The second-order valence-electron chi connectivity index (χ2n) is 19.3. The lowest BCUT2D eigenvalue weighted by molar-refractivity contribution is -0.235. The van der Waals surface area contributed by atoms with Gasteiger partial charge in [0.2, 0.25) is 23.6 Å². The van der Waals surface area contributed by atoms with Crippen molar-refractivity contribution in [1.82, 2.24) is 16.0 Å². The van der Waals surface area contributed by atoms with Crippen molar-refractivity contribution in [2.75, 3.05) is 38.5 Å². The maximum Gasteiger partial charge on any atom is 0.373 e. The van der Waals surface area contributed by atoms with Crippen LogP contribution in [-0.2, 0) is 54.3 Å². The fourth-order valence-corrected chi connectivity index (χ4v) is 11.9. The molecule has 2 aromatic carbocycles. The molecule has 13 atom stereocenters. The normalized spacial score (nSPS) is 31.3. The SMILES string of the molecule is COc1cc(Cc2ccc([C@@H]3O[C@@H]4C[C@H]5[C@@H]6C[C@H](F)C7=CC(=O)C=C[C@]7(C)[C@@]6(F)[C@@H](O)C[C@]5(C)[C@]4(C(=O)CO)O3)cc2)ccc1N(C)C(=O)[C@H](C)NC(=O)[C@H](C)NC(=O)CCNC(=O)C(C)SC.O=C=O. The predicted molar refractivity (Wildman–Crippen MR) is 254 cm³/mol. The minimum absolute atomic E-state index is 0.00107. The van der Waals surface area contributed by atoms with Crippen molar-refractivity contribution in [3.63, 3.8) is 0 Å². The number of nitrogens with zero attached hydrogens (tertiary/aromatic N) is 1. The van der Waals surface area contributed by atoms with Crippen LogP contribution in [0.1, 0.15) is 83.3 Å². The van der Waals surface area contributed by atoms with E-state index < -0.39 is 107 Å². The first-order chi connectivity index (χ1) is 33.5. The number of ether oxygens (including phenoxy) is 3. The van der Waals surface area contributed by atoms with Crippen LogP contribution in [0.25, 0.3) is 0 Å². The van der Waals surface area contributed by atoms with Crippen LogP contribution in [-0.4, -0.2) is 132 Å². The Morgan fingerprint density at radius 2 is 1.65 bits per heavy atom. The molecule has 0 aromatic heterocycles. The van der Waals surface area contributed by atoms with Gasteiger partial charge in [-0.2, -0.15) is 21.4 Å². The zero-order valence-electron chi connectivity index (χ0n) is 40.9. The van der Waals surface area contributed by atoms with Gasteiger partial charge in [0.15, 0.2) is 29.1 Å². The number of carbonyl (C=O) groups excluding carboxylic acids is 8. The molecule has 0 spiro atoms. The molecule has 1 unspecified atom stereocenters. The highest BCUT2D eigenvalue weighted by Crippen LogP contribution is 2.72. The van der Waals surface area contributed by atoms with E-state index in [1.807, 2.05) is 24.5 Å². The largest absolute Gasteiger partial charge is 0.495 e. The first-order valence-electron chi connectivity index (χ1n) is 23.4. The molecule has 5 aliphatic rings. The summed E-state index contributed by atoms with van der Waals surface area (Å²) in [6.07, 6.45) is 0.512. The van der Waals surface area contributed by atoms with E-state index in [1.165, 1.54) is 56.7 Å². The molecule has 0 radical (unpaired) electrons. The van der Waals surface area contributed by atoms with Gasteiger partial charge in [-0.1, -0.05) is 43.3 Å². The molecule has 5 N–H and O–H groups in total. The molecule has 7 rings (SSSR count). The predicted octanol–water partition coefficient (Wildman–Crippen LogP) is 3.58. The van der Waals surface area contributed by atoms with Crippen LogP contribution in [0.3, 0.4) is 0 Å². The first kappa shape index (κ1) is 54.7. The van der Waals surface area contributed by atoms with Gasteiger partial charge in [0.25, 0.3) is 0 Å². The third kappa shape index (κ3) is 9.86. The summed E-state index contributed by atoms with van der Waals surface area (Å²) in [5.74, 6) is -4.04. The Kier molecular flexibility index (Phi) is 16.6. The molecule has 1 heterocycles. The molecule has 1 saturated heterocycles. The van der Waals surface area contributed by atoms with E-state index >= 15 is 8.78 Å². The van der Waals surface area contributed by atoms with E-state index in [9.17, 15) is 39.0 Å². The first-order valence-corrected chi connectivity index (χ1v) is 24.7. The number of anilines is 1. The summed E-state index contributed by atoms with van der Waals surface area (Å²) in [5, 5.41) is 29.8. The minimum Gasteiger partial charge on any atom is -0.495 e. The molecule has 1 aliphatic heterocycles. The Labute approximate surface area is 414 Å². The molecular weight excluding hydrogens is 947 g/mol. The number of halogens is 2. The Morgan fingerprint density at radius 3 is 2.28 bits per heavy atom. The molecule has 71 heavy (non-hydrogen) atoms. The van der Waals surface area contributed by atoms with E-state index in [4.69, 9.17) is 23.8 Å². The molecule has 3 saturated carbocycles. The number of methoxy groups -OCH3 is 1. The number of ketones is 2. The van der Waals surface area contributed by atoms with Crippen LogP contribution in [0, 0.1) is 22.7 Å². The molecule has 4 fully saturated rings. The van der Waals surface area contributed by atoms with Crippen LogP contribution in [0.2, 0.25) is 0 Å². The maximum absolute atomic E-state index is 17.8. The summed E-state index contributed by atoms with van der Waals surface area (Å²) >= 11 is 1.38. The van der Waals surface area contributed by atoms with E-state index in [-0.39, 0.29) is 55.1 Å². The number of hydrogen-bond acceptors (Lipinski definition) is 14. The van der Waals surface area contributed by atoms with Crippen LogP contribution in [0.5, 0.6) is 5.75 Å². The number of aliphatic hydroxyl groups is 2. The highest BCUT2D eigenvalue weighted by Gasteiger charge is 2.80. The molecule has 384 valence electrons. The second kappa shape index (κ2) is 21.6. The summed E-state index contributed by atoms with van der Waals surface area (Å²) in [5.41, 5.74) is -4.19. The van der Waals surface area contributed by atoms with Crippen molar-refractivity contribution in [2.45, 2.75) is 120 Å². The Morgan fingerprint density at radius 1 is 0.986 bits per heavy atom. The summed E-state index contributed by atoms with van der Waals surface area (Å²) in [4.78, 5) is 94.6. The van der Waals surface area contributed by atoms with Gasteiger partial charge in [0.05, 0.1) is 30.3 Å². The van der Waals surface area contributed by atoms with E-state index in [0.29, 0.717) is 23.4 Å². The topological polar surface area (TPSA) is 244 Å². The number of fused-ring (bicyclic) bond motifs is 7. The van der Waals surface area contributed by atoms with Gasteiger partial charge in [-0.3, -0.25) is 28.8 Å². The summed E-state index contributed by atoms with van der Waals surface area (Å²) in [6.45, 7) is 7.28. The quantitative estimate of drug-likeness (QED) is 0.162. The average molecular weight is 1010 g/mol. The summed E-state index contributed by atoms with van der Waals surface area (Å²) in [7, 11) is 3.04. The van der Waals surface area contributed by atoms with Gasteiger partial charge in [-0.15, -0.1) is 0 Å².